The average molecular weight is 289 g/mol. The molecule has 1 unspecified atom stereocenters. The van der Waals surface area contributed by atoms with Crippen LogP contribution in [0.25, 0.3) is 0 Å². The number of amides is 1. The van der Waals surface area contributed by atoms with E-state index in [0.29, 0.717) is 12.3 Å². The maximum absolute atomic E-state index is 12.0. The second kappa shape index (κ2) is 7.77. The molecule has 1 aromatic rings. The molecule has 1 fully saturated rings. The number of hydrogen-bond donors (Lipinski definition) is 1. The van der Waals surface area contributed by atoms with Gasteiger partial charge in [0.25, 0.3) is 0 Å². The summed E-state index contributed by atoms with van der Waals surface area (Å²) < 4.78 is 0. The van der Waals surface area contributed by atoms with Crippen molar-refractivity contribution in [2.75, 3.05) is 26.7 Å². The maximum Gasteiger partial charge on any atom is 0.222 e. The molecule has 1 aliphatic heterocycles. The largest absolute Gasteiger partial charge is 0.345 e. The lowest BCUT2D eigenvalue weighted by Crippen LogP contribution is -2.30. The van der Waals surface area contributed by atoms with Crippen LogP contribution >= 0.6 is 23.7 Å². The van der Waals surface area contributed by atoms with E-state index in [1.807, 2.05) is 11.9 Å². The molecule has 0 saturated carbocycles. The Kier molecular flexibility index (Phi) is 6.68. The molecule has 2 heterocycles. The number of nitrogens with zero attached hydrogens (tertiary/aromatic N) is 1. The smallest absolute Gasteiger partial charge is 0.222 e. The lowest BCUT2D eigenvalue weighted by molar-refractivity contribution is -0.130. The van der Waals surface area contributed by atoms with Gasteiger partial charge in [-0.1, -0.05) is 6.07 Å². The number of carbonyl (C=O) groups excluding carboxylic acids is 1. The zero-order valence-electron chi connectivity index (χ0n) is 10.7. The standard InChI is InChI=1S/C13H20N2OS.ClH/c1-15(7-5-12-3-2-8-17-12)13(16)9-11-4-6-14-10-11;/h2-3,8,11,14H,4-7,9-10H2,1H3;1H. The van der Waals surface area contributed by atoms with Crippen molar-refractivity contribution in [1.82, 2.24) is 10.2 Å². The Bertz CT molecular complexity index is 350. The van der Waals surface area contributed by atoms with Crippen LogP contribution in [0.1, 0.15) is 17.7 Å². The summed E-state index contributed by atoms with van der Waals surface area (Å²) in [6.07, 6.45) is 2.82. The van der Waals surface area contributed by atoms with Crippen LogP contribution in [0.5, 0.6) is 0 Å². The monoisotopic (exact) mass is 288 g/mol. The fourth-order valence-electron chi connectivity index (χ4n) is 2.15. The lowest BCUT2D eigenvalue weighted by Gasteiger charge is -2.18. The van der Waals surface area contributed by atoms with Crippen LogP contribution in [-0.2, 0) is 11.2 Å². The number of hydrogen-bond acceptors (Lipinski definition) is 3. The van der Waals surface area contributed by atoms with E-state index in [1.54, 1.807) is 11.3 Å². The van der Waals surface area contributed by atoms with Gasteiger partial charge in [-0.15, -0.1) is 23.7 Å². The number of thiophene rings is 1. The molecule has 1 aliphatic rings. The summed E-state index contributed by atoms with van der Waals surface area (Å²) in [7, 11) is 1.92. The zero-order chi connectivity index (χ0) is 12.1. The van der Waals surface area contributed by atoms with Crippen LogP contribution in [0, 0.1) is 5.92 Å². The Morgan fingerprint density at radius 1 is 1.61 bits per heavy atom. The van der Waals surface area contributed by atoms with Gasteiger partial charge in [-0.2, -0.15) is 0 Å². The van der Waals surface area contributed by atoms with E-state index >= 15 is 0 Å². The summed E-state index contributed by atoms with van der Waals surface area (Å²) in [5.74, 6) is 0.835. The first kappa shape index (κ1) is 15.5. The summed E-state index contributed by atoms with van der Waals surface area (Å²) in [6, 6.07) is 4.19. The van der Waals surface area contributed by atoms with E-state index in [9.17, 15) is 4.79 Å². The molecule has 0 radical (unpaired) electrons. The molecule has 0 aromatic carbocycles. The average Bonchev–Trinajstić information content (AvgIpc) is 2.98. The highest BCUT2D eigenvalue weighted by atomic mass is 35.5. The van der Waals surface area contributed by atoms with Crippen LogP contribution in [-0.4, -0.2) is 37.5 Å². The van der Waals surface area contributed by atoms with E-state index < -0.39 is 0 Å². The number of nitrogens with one attached hydrogen (secondary N) is 1. The zero-order valence-corrected chi connectivity index (χ0v) is 12.4. The highest BCUT2D eigenvalue weighted by Crippen LogP contribution is 2.14. The Morgan fingerprint density at radius 2 is 2.44 bits per heavy atom. The summed E-state index contributed by atoms with van der Waals surface area (Å²) in [5, 5.41) is 5.39. The molecule has 5 heteroatoms. The summed E-state index contributed by atoms with van der Waals surface area (Å²) >= 11 is 1.76. The molecule has 1 amide bonds. The third kappa shape index (κ3) is 4.59. The van der Waals surface area contributed by atoms with Gasteiger partial charge in [0.05, 0.1) is 0 Å². The summed E-state index contributed by atoms with van der Waals surface area (Å²) in [6.45, 7) is 2.90. The minimum absolute atomic E-state index is 0. The molecule has 102 valence electrons. The Hall–Kier alpha value is -0.580. The van der Waals surface area contributed by atoms with Gasteiger partial charge < -0.3 is 10.2 Å². The van der Waals surface area contributed by atoms with Crippen molar-refractivity contribution >= 4 is 29.7 Å². The minimum Gasteiger partial charge on any atom is -0.345 e. The summed E-state index contributed by atoms with van der Waals surface area (Å²) in [5.41, 5.74) is 0. The van der Waals surface area contributed by atoms with Crippen molar-refractivity contribution in [3.05, 3.63) is 22.4 Å². The molecular weight excluding hydrogens is 268 g/mol. The first-order valence-corrected chi connectivity index (χ1v) is 7.10. The summed E-state index contributed by atoms with van der Waals surface area (Å²) in [4.78, 5) is 15.2. The predicted octanol–water partition coefficient (Wildman–Crippen LogP) is 2.17. The molecule has 1 saturated heterocycles. The second-order valence-corrected chi connectivity index (χ2v) is 5.74. The third-order valence-corrected chi connectivity index (χ3v) is 4.26. The van der Waals surface area contributed by atoms with E-state index in [2.05, 4.69) is 22.8 Å². The van der Waals surface area contributed by atoms with Gasteiger partial charge in [0.2, 0.25) is 5.91 Å². The molecule has 2 rings (SSSR count). The molecule has 1 atom stereocenters. The molecule has 0 spiro atoms. The van der Waals surface area contributed by atoms with Gasteiger partial charge in [0, 0.05) is 24.9 Å². The topological polar surface area (TPSA) is 32.3 Å². The predicted molar refractivity (Wildman–Crippen MR) is 78.5 cm³/mol. The van der Waals surface area contributed by atoms with Crippen LogP contribution < -0.4 is 5.32 Å². The highest BCUT2D eigenvalue weighted by Gasteiger charge is 2.19. The highest BCUT2D eigenvalue weighted by molar-refractivity contribution is 7.09. The Morgan fingerprint density at radius 3 is 3.06 bits per heavy atom. The quantitative estimate of drug-likeness (QED) is 0.901. The van der Waals surface area contributed by atoms with Crippen molar-refractivity contribution in [2.45, 2.75) is 19.3 Å². The molecular formula is C13H21ClN2OS. The van der Waals surface area contributed by atoms with Gasteiger partial charge >= 0.3 is 0 Å². The Balaban J connectivity index is 0.00000162. The van der Waals surface area contributed by atoms with Crippen LogP contribution in [0.15, 0.2) is 17.5 Å². The van der Waals surface area contributed by atoms with Gasteiger partial charge in [-0.05, 0) is 43.3 Å². The SMILES string of the molecule is CN(CCc1cccs1)C(=O)CC1CCNC1.Cl. The Labute approximate surface area is 119 Å². The van der Waals surface area contributed by atoms with E-state index in [0.717, 1.165) is 32.5 Å². The lowest BCUT2D eigenvalue weighted by atomic mass is 10.0. The number of carbonyl (C=O) groups is 1. The second-order valence-electron chi connectivity index (χ2n) is 4.71. The number of halogens is 1. The molecule has 1 N–H and O–H groups in total. The molecule has 0 bridgehead atoms. The van der Waals surface area contributed by atoms with Crippen LogP contribution in [0.3, 0.4) is 0 Å². The van der Waals surface area contributed by atoms with Crippen molar-refractivity contribution in [1.29, 1.82) is 0 Å². The molecule has 18 heavy (non-hydrogen) atoms. The van der Waals surface area contributed by atoms with Crippen molar-refractivity contribution in [3.8, 4) is 0 Å². The van der Waals surface area contributed by atoms with Gasteiger partial charge in [0.15, 0.2) is 0 Å². The van der Waals surface area contributed by atoms with Crippen molar-refractivity contribution < 1.29 is 4.79 Å². The molecule has 3 nitrogen and oxygen atoms in total. The van der Waals surface area contributed by atoms with Crippen LogP contribution in [0.2, 0.25) is 0 Å². The first-order chi connectivity index (χ1) is 8.25. The van der Waals surface area contributed by atoms with E-state index in [1.165, 1.54) is 4.88 Å². The first-order valence-electron chi connectivity index (χ1n) is 6.23. The van der Waals surface area contributed by atoms with Crippen LogP contribution in [0.4, 0.5) is 0 Å². The molecule has 1 aromatic heterocycles. The third-order valence-electron chi connectivity index (χ3n) is 3.33. The van der Waals surface area contributed by atoms with Crippen molar-refractivity contribution in [3.63, 3.8) is 0 Å². The fraction of sp³-hybridized carbons (Fsp3) is 0.615. The van der Waals surface area contributed by atoms with Gasteiger partial charge in [0.1, 0.15) is 0 Å². The number of rotatable bonds is 5. The van der Waals surface area contributed by atoms with Gasteiger partial charge in [-0.3, -0.25) is 4.79 Å². The maximum atomic E-state index is 12.0. The number of likely N-dealkylation sites (N-methyl/N-ethyl adjacent to an activating group) is 1. The fourth-order valence-corrected chi connectivity index (χ4v) is 2.85. The van der Waals surface area contributed by atoms with E-state index in [-0.39, 0.29) is 18.3 Å². The van der Waals surface area contributed by atoms with E-state index in [4.69, 9.17) is 0 Å². The molecule has 0 aliphatic carbocycles. The minimum atomic E-state index is 0. The van der Waals surface area contributed by atoms with Gasteiger partial charge in [-0.25, -0.2) is 0 Å². The van der Waals surface area contributed by atoms with Crippen molar-refractivity contribution in [2.24, 2.45) is 5.92 Å². The normalized spacial score (nSPS) is 18.4.